The molecule has 2 aromatic rings. The number of nitrogens with zero attached hydrogens (tertiary/aromatic N) is 1. The number of H-pyrrole nitrogens is 1. The van der Waals surface area contributed by atoms with E-state index in [4.69, 9.17) is 5.73 Å². The van der Waals surface area contributed by atoms with Gasteiger partial charge in [-0.05, 0) is 37.0 Å². The number of anilines is 2. The highest BCUT2D eigenvalue weighted by Gasteiger charge is 2.19. The van der Waals surface area contributed by atoms with Gasteiger partial charge in [0, 0.05) is 12.2 Å². The molecule has 0 atom stereocenters. The number of hydrogen-bond donors (Lipinski definition) is 3. The second-order valence-corrected chi connectivity index (χ2v) is 5.20. The van der Waals surface area contributed by atoms with Gasteiger partial charge >= 0.3 is 0 Å². The van der Waals surface area contributed by atoms with Crippen molar-refractivity contribution in [2.24, 2.45) is 5.92 Å². The molecule has 3 rings (SSSR count). The number of fused-ring (bicyclic) bond motifs is 1. The molecule has 0 saturated heterocycles. The molecule has 0 aliphatic heterocycles. The first-order valence-corrected chi connectivity index (χ1v) is 6.76. The Labute approximate surface area is 111 Å². The van der Waals surface area contributed by atoms with Crippen LogP contribution in [-0.2, 0) is 0 Å². The van der Waals surface area contributed by atoms with Crippen LogP contribution in [0.5, 0.6) is 0 Å². The van der Waals surface area contributed by atoms with Crippen molar-refractivity contribution in [3.63, 3.8) is 0 Å². The first-order valence-electron chi connectivity index (χ1n) is 6.76. The molecule has 1 aromatic heterocycles. The van der Waals surface area contributed by atoms with Gasteiger partial charge in [-0.1, -0.05) is 12.8 Å². The third-order valence-electron chi connectivity index (χ3n) is 3.51. The minimum Gasteiger partial charge on any atom is -0.399 e. The molecule has 1 heterocycles. The molecule has 5 nitrogen and oxygen atoms in total. The molecule has 0 spiro atoms. The number of aromatic amines is 1. The molecule has 0 radical (unpaired) electrons. The highest BCUT2D eigenvalue weighted by atomic mass is 16.1. The highest BCUT2D eigenvalue weighted by molar-refractivity contribution is 5.81. The molecule has 1 aromatic carbocycles. The molecule has 1 aliphatic carbocycles. The number of hydrogen-bond acceptors (Lipinski definition) is 4. The predicted molar refractivity (Wildman–Crippen MR) is 77.2 cm³/mol. The van der Waals surface area contributed by atoms with E-state index >= 15 is 0 Å². The SMILES string of the molecule is Nc1ccc2nc(NCCCC3CC3)[nH]c(=O)c2c1. The van der Waals surface area contributed by atoms with Crippen LogP contribution in [0.3, 0.4) is 0 Å². The summed E-state index contributed by atoms with van der Waals surface area (Å²) in [5, 5.41) is 3.71. The first-order chi connectivity index (χ1) is 9.22. The van der Waals surface area contributed by atoms with Gasteiger partial charge in [0.25, 0.3) is 5.56 Å². The number of aromatic nitrogens is 2. The molecule has 1 saturated carbocycles. The molecule has 100 valence electrons. The molecule has 0 unspecified atom stereocenters. The van der Waals surface area contributed by atoms with Gasteiger partial charge in [0.1, 0.15) is 0 Å². The average molecular weight is 258 g/mol. The molecule has 4 N–H and O–H groups in total. The van der Waals surface area contributed by atoms with Crippen molar-refractivity contribution < 1.29 is 0 Å². The van der Waals surface area contributed by atoms with Crippen molar-refractivity contribution in [3.8, 4) is 0 Å². The maximum Gasteiger partial charge on any atom is 0.260 e. The van der Waals surface area contributed by atoms with Crippen LogP contribution in [0.2, 0.25) is 0 Å². The minimum atomic E-state index is -0.151. The van der Waals surface area contributed by atoms with Crippen LogP contribution < -0.4 is 16.6 Å². The van der Waals surface area contributed by atoms with E-state index in [0.29, 0.717) is 22.5 Å². The van der Waals surface area contributed by atoms with E-state index in [9.17, 15) is 4.79 Å². The standard InChI is InChI=1S/C14H18N4O/c15-10-5-6-12-11(8-10)13(19)18-14(17-12)16-7-1-2-9-3-4-9/h5-6,8-9H,1-4,7,15H2,(H2,16,17,18,19). The lowest BCUT2D eigenvalue weighted by Crippen LogP contribution is -2.14. The normalized spacial score (nSPS) is 14.7. The second kappa shape index (κ2) is 4.91. The minimum absolute atomic E-state index is 0.151. The van der Waals surface area contributed by atoms with E-state index < -0.39 is 0 Å². The first kappa shape index (κ1) is 12.0. The third-order valence-corrected chi connectivity index (χ3v) is 3.51. The van der Waals surface area contributed by atoms with Crippen LogP contribution in [0, 0.1) is 5.92 Å². The summed E-state index contributed by atoms with van der Waals surface area (Å²) in [6, 6.07) is 5.18. The van der Waals surface area contributed by atoms with E-state index in [2.05, 4.69) is 15.3 Å². The molecular formula is C14H18N4O. The van der Waals surface area contributed by atoms with Crippen LogP contribution in [0.4, 0.5) is 11.6 Å². The van der Waals surface area contributed by atoms with E-state index in [1.54, 1.807) is 18.2 Å². The van der Waals surface area contributed by atoms with Crippen molar-refractivity contribution in [1.29, 1.82) is 0 Å². The quantitative estimate of drug-likeness (QED) is 0.566. The lowest BCUT2D eigenvalue weighted by molar-refractivity contribution is 0.685. The molecule has 5 heteroatoms. The Morgan fingerprint density at radius 1 is 1.42 bits per heavy atom. The van der Waals surface area contributed by atoms with E-state index in [1.165, 1.54) is 19.3 Å². The Kier molecular flexibility index (Phi) is 3.11. The van der Waals surface area contributed by atoms with E-state index in [-0.39, 0.29) is 5.56 Å². The number of rotatable bonds is 5. The fourth-order valence-electron chi connectivity index (χ4n) is 2.24. The number of benzene rings is 1. The van der Waals surface area contributed by atoms with Crippen LogP contribution in [0.25, 0.3) is 10.9 Å². The lowest BCUT2D eigenvalue weighted by Gasteiger charge is -2.06. The van der Waals surface area contributed by atoms with Crippen molar-refractivity contribution in [2.75, 3.05) is 17.6 Å². The fourth-order valence-corrected chi connectivity index (χ4v) is 2.24. The Morgan fingerprint density at radius 3 is 3.05 bits per heavy atom. The summed E-state index contributed by atoms with van der Waals surface area (Å²) in [5.41, 5.74) is 6.76. The lowest BCUT2D eigenvalue weighted by atomic mass is 10.2. The molecule has 0 amide bonds. The largest absolute Gasteiger partial charge is 0.399 e. The maximum atomic E-state index is 11.9. The molecule has 1 fully saturated rings. The predicted octanol–water partition coefficient (Wildman–Crippen LogP) is 2.11. The van der Waals surface area contributed by atoms with Crippen LogP contribution in [0.15, 0.2) is 23.0 Å². The van der Waals surface area contributed by atoms with E-state index in [0.717, 1.165) is 18.9 Å². The Bertz CT molecular complexity index is 645. The summed E-state index contributed by atoms with van der Waals surface area (Å²) >= 11 is 0. The summed E-state index contributed by atoms with van der Waals surface area (Å²) in [6.07, 6.45) is 5.15. The summed E-state index contributed by atoms with van der Waals surface area (Å²) in [7, 11) is 0. The maximum absolute atomic E-state index is 11.9. The topological polar surface area (TPSA) is 83.8 Å². The molecule has 0 bridgehead atoms. The van der Waals surface area contributed by atoms with Gasteiger partial charge in [-0.3, -0.25) is 9.78 Å². The second-order valence-electron chi connectivity index (χ2n) is 5.20. The summed E-state index contributed by atoms with van der Waals surface area (Å²) in [5.74, 6) is 1.48. The zero-order valence-electron chi connectivity index (χ0n) is 10.8. The van der Waals surface area contributed by atoms with Gasteiger partial charge in [0.15, 0.2) is 0 Å². The number of nitrogens with one attached hydrogen (secondary N) is 2. The Hall–Kier alpha value is -2.04. The third kappa shape index (κ3) is 2.86. The highest BCUT2D eigenvalue weighted by Crippen LogP contribution is 2.33. The van der Waals surface area contributed by atoms with Crippen molar-refractivity contribution in [2.45, 2.75) is 25.7 Å². The Morgan fingerprint density at radius 2 is 2.26 bits per heavy atom. The van der Waals surface area contributed by atoms with Gasteiger partial charge in [-0.2, -0.15) is 0 Å². The van der Waals surface area contributed by atoms with Gasteiger partial charge < -0.3 is 11.1 Å². The molecule has 19 heavy (non-hydrogen) atoms. The fraction of sp³-hybridized carbons (Fsp3) is 0.429. The Balaban J connectivity index is 1.72. The van der Waals surface area contributed by atoms with Gasteiger partial charge in [-0.25, -0.2) is 4.98 Å². The smallest absolute Gasteiger partial charge is 0.260 e. The molecular weight excluding hydrogens is 240 g/mol. The van der Waals surface area contributed by atoms with Gasteiger partial charge in [-0.15, -0.1) is 0 Å². The van der Waals surface area contributed by atoms with Gasteiger partial charge in [0.05, 0.1) is 10.9 Å². The van der Waals surface area contributed by atoms with Crippen LogP contribution in [0.1, 0.15) is 25.7 Å². The number of nitrogens with two attached hydrogens (primary N) is 1. The molecule has 1 aliphatic rings. The number of nitrogen functional groups attached to an aromatic ring is 1. The zero-order chi connectivity index (χ0) is 13.2. The zero-order valence-corrected chi connectivity index (χ0v) is 10.8. The summed E-state index contributed by atoms with van der Waals surface area (Å²) in [4.78, 5) is 19.0. The average Bonchev–Trinajstić information content (AvgIpc) is 3.20. The van der Waals surface area contributed by atoms with Crippen LogP contribution >= 0.6 is 0 Å². The van der Waals surface area contributed by atoms with Crippen molar-refractivity contribution in [1.82, 2.24) is 9.97 Å². The van der Waals surface area contributed by atoms with Crippen LogP contribution in [-0.4, -0.2) is 16.5 Å². The van der Waals surface area contributed by atoms with Crippen molar-refractivity contribution >= 4 is 22.5 Å². The van der Waals surface area contributed by atoms with Crippen molar-refractivity contribution in [3.05, 3.63) is 28.6 Å². The van der Waals surface area contributed by atoms with E-state index in [1.807, 2.05) is 0 Å². The summed E-state index contributed by atoms with van der Waals surface area (Å²) < 4.78 is 0. The summed E-state index contributed by atoms with van der Waals surface area (Å²) in [6.45, 7) is 0.847. The van der Waals surface area contributed by atoms with Gasteiger partial charge in [0.2, 0.25) is 5.95 Å². The monoisotopic (exact) mass is 258 g/mol.